The fourth-order valence-corrected chi connectivity index (χ4v) is 2.87. The first-order chi connectivity index (χ1) is 10.5. The van der Waals surface area contributed by atoms with Crippen molar-refractivity contribution in [2.75, 3.05) is 6.54 Å². The van der Waals surface area contributed by atoms with Crippen molar-refractivity contribution in [3.63, 3.8) is 0 Å². The number of alkyl carbamates (subject to hydrolysis) is 1. The second-order valence-corrected chi connectivity index (χ2v) is 7.19. The van der Waals surface area contributed by atoms with E-state index in [1.165, 1.54) is 0 Å². The van der Waals surface area contributed by atoms with Crippen LogP contribution in [0.25, 0.3) is 0 Å². The van der Waals surface area contributed by atoms with Gasteiger partial charge >= 0.3 is 12.3 Å². The maximum atomic E-state index is 13.1. The van der Waals surface area contributed by atoms with E-state index in [1.807, 2.05) is 6.92 Å². The number of nitrogens with one attached hydrogen (secondary N) is 2. The first kappa shape index (κ1) is 20.1. The van der Waals surface area contributed by atoms with Crippen molar-refractivity contribution in [3.05, 3.63) is 0 Å². The van der Waals surface area contributed by atoms with Crippen LogP contribution in [0, 0.1) is 5.92 Å². The van der Waals surface area contributed by atoms with Gasteiger partial charge in [0.25, 0.3) is 0 Å². The summed E-state index contributed by atoms with van der Waals surface area (Å²) < 4.78 is 44.5. The van der Waals surface area contributed by atoms with E-state index in [0.29, 0.717) is 19.3 Å². The highest BCUT2D eigenvalue weighted by atomic mass is 19.4. The highest BCUT2D eigenvalue weighted by Crippen LogP contribution is 2.37. The molecule has 4 nitrogen and oxygen atoms in total. The molecule has 1 fully saturated rings. The second kappa shape index (κ2) is 8.22. The molecule has 1 saturated carbocycles. The average Bonchev–Trinajstić information content (AvgIpc) is 2.40. The molecule has 0 aromatic carbocycles. The third kappa shape index (κ3) is 7.42. The van der Waals surface area contributed by atoms with Crippen molar-refractivity contribution in [1.82, 2.24) is 10.6 Å². The van der Waals surface area contributed by atoms with Crippen LogP contribution in [0.3, 0.4) is 0 Å². The van der Waals surface area contributed by atoms with E-state index in [4.69, 9.17) is 4.74 Å². The van der Waals surface area contributed by atoms with Crippen LogP contribution in [0.5, 0.6) is 0 Å². The van der Waals surface area contributed by atoms with Gasteiger partial charge in [-0.15, -0.1) is 0 Å². The molecular formula is C16H29F3N2O2. The summed E-state index contributed by atoms with van der Waals surface area (Å²) in [6.07, 6.45) is -1.96. The molecule has 0 radical (unpaired) electrons. The molecule has 0 aromatic rings. The SMILES string of the molecule is CCC(CNC(=O)OC(C)(C)C)NC1CCCCC1C(F)(F)F. The third-order valence-electron chi connectivity index (χ3n) is 4.02. The number of hydrogen-bond acceptors (Lipinski definition) is 3. The molecule has 3 atom stereocenters. The Bertz CT molecular complexity index is 381. The number of hydrogen-bond donors (Lipinski definition) is 2. The van der Waals surface area contributed by atoms with Gasteiger partial charge in [-0.1, -0.05) is 19.8 Å². The molecule has 3 unspecified atom stereocenters. The van der Waals surface area contributed by atoms with Crippen LogP contribution in [-0.4, -0.2) is 36.5 Å². The van der Waals surface area contributed by atoms with Crippen LogP contribution >= 0.6 is 0 Å². The summed E-state index contributed by atoms with van der Waals surface area (Å²) in [7, 11) is 0. The van der Waals surface area contributed by atoms with Crippen LogP contribution in [0.15, 0.2) is 0 Å². The van der Waals surface area contributed by atoms with Gasteiger partial charge in [-0.3, -0.25) is 0 Å². The Hall–Kier alpha value is -0.980. The number of alkyl halides is 3. The van der Waals surface area contributed by atoms with E-state index >= 15 is 0 Å². The van der Waals surface area contributed by atoms with Crippen molar-refractivity contribution in [1.29, 1.82) is 0 Å². The zero-order valence-corrected chi connectivity index (χ0v) is 14.4. The van der Waals surface area contributed by atoms with Gasteiger partial charge in [-0.25, -0.2) is 4.79 Å². The van der Waals surface area contributed by atoms with Crippen molar-refractivity contribution < 1.29 is 22.7 Å². The topological polar surface area (TPSA) is 50.4 Å². The molecule has 0 heterocycles. The molecule has 1 aliphatic carbocycles. The Morgan fingerprint density at radius 2 is 1.83 bits per heavy atom. The van der Waals surface area contributed by atoms with Crippen molar-refractivity contribution >= 4 is 6.09 Å². The largest absolute Gasteiger partial charge is 0.444 e. The molecule has 1 rings (SSSR count). The highest BCUT2D eigenvalue weighted by molar-refractivity contribution is 5.67. The first-order valence-corrected chi connectivity index (χ1v) is 8.32. The second-order valence-electron chi connectivity index (χ2n) is 7.19. The molecule has 0 bridgehead atoms. The monoisotopic (exact) mass is 338 g/mol. The van der Waals surface area contributed by atoms with Crippen LogP contribution in [-0.2, 0) is 4.74 Å². The standard InChI is InChI=1S/C16H29F3N2O2/c1-5-11(10-20-14(22)23-15(2,3)4)21-13-9-7-6-8-12(13)16(17,18)19/h11-13,21H,5-10H2,1-4H3,(H,20,22). The fourth-order valence-electron chi connectivity index (χ4n) is 2.87. The van der Waals surface area contributed by atoms with E-state index < -0.39 is 29.8 Å². The molecule has 1 aliphatic rings. The Balaban J connectivity index is 2.52. The molecule has 0 aliphatic heterocycles. The molecule has 1 amide bonds. The summed E-state index contributed by atoms with van der Waals surface area (Å²) in [5.41, 5.74) is -0.593. The van der Waals surface area contributed by atoms with Crippen molar-refractivity contribution in [2.24, 2.45) is 5.92 Å². The van der Waals surface area contributed by atoms with E-state index in [0.717, 1.165) is 6.42 Å². The summed E-state index contributed by atoms with van der Waals surface area (Å²) in [4.78, 5) is 11.7. The van der Waals surface area contributed by atoms with Gasteiger partial charge in [-0.2, -0.15) is 13.2 Å². The molecule has 23 heavy (non-hydrogen) atoms. The number of carbonyl (C=O) groups is 1. The zero-order valence-electron chi connectivity index (χ0n) is 14.4. The first-order valence-electron chi connectivity index (χ1n) is 8.32. The van der Waals surface area contributed by atoms with E-state index in [-0.39, 0.29) is 19.0 Å². The predicted molar refractivity (Wildman–Crippen MR) is 83.3 cm³/mol. The molecule has 7 heteroatoms. The maximum Gasteiger partial charge on any atom is 0.407 e. The lowest BCUT2D eigenvalue weighted by Gasteiger charge is -2.36. The lowest BCUT2D eigenvalue weighted by atomic mass is 9.83. The maximum absolute atomic E-state index is 13.1. The number of rotatable bonds is 5. The van der Waals surface area contributed by atoms with Crippen molar-refractivity contribution in [3.8, 4) is 0 Å². The number of carbonyl (C=O) groups excluding carboxylic acids is 1. The molecule has 2 N–H and O–H groups in total. The molecule has 0 aromatic heterocycles. The minimum absolute atomic E-state index is 0.178. The average molecular weight is 338 g/mol. The van der Waals surface area contributed by atoms with E-state index in [2.05, 4.69) is 10.6 Å². The predicted octanol–water partition coefficient (Wildman–Crippen LogP) is 4.00. The normalized spacial score (nSPS) is 24.1. The van der Waals surface area contributed by atoms with Crippen molar-refractivity contribution in [2.45, 2.75) is 83.7 Å². The van der Waals surface area contributed by atoms with Gasteiger partial charge in [0.1, 0.15) is 5.60 Å². The van der Waals surface area contributed by atoms with E-state index in [9.17, 15) is 18.0 Å². The molecule has 0 spiro atoms. The van der Waals surface area contributed by atoms with E-state index in [1.54, 1.807) is 20.8 Å². The van der Waals surface area contributed by atoms with Gasteiger partial charge in [0.05, 0.1) is 5.92 Å². The van der Waals surface area contributed by atoms with Gasteiger partial charge < -0.3 is 15.4 Å². The Morgan fingerprint density at radius 1 is 1.22 bits per heavy atom. The lowest BCUT2D eigenvalue weighted by Crippen LogP contribution is -2.52. The van der Waals surface area contributed by atoms with Crippen LogP contribution in [0.1, 0.15) is 59.8 Å². The Kier molecular flexibility index (Phi) is 7.17. The number of amides is 1. The summed E-state index contributed by atoms with van der Waals surface area (Å²) >= 11 is 0. The van der Waals surface area contributed by atoms with Crippen LogP contribution in [0.4, 0.5) is 18.0 Å². The minimum Gasteiger partial charge on any atom is -0.444 e. The molecular weight excluding hydrogens is 309 g/mol. The summed E-state index contributed by atoms with van der Waals surface area (Å²) in [5, 5.41) is 5.72. The smallest absolute Gasteiger partial charge is 0.407 e. The molecule has 0 saturated heterocycles. The molecule has 136 valence electrons. The number of halogens is 3. The Labute approximate surface area is 136 Å². The summed E-state index contributed by atoms with van der Waals surface area (Å²) in [6.45, 7) is 7.43. The minimum atomic E-state index is -4.17. The van der Waals surface area contributed by atoms with Gasteiger partial charge in [0, 0.05) is 18.6 Å². The van der Waals surface area contributed by atoms with Gasteiger partial charge in [0.15, 0.2) is 0 Å². The van der Waals surface area contributed by atoms with Gasteiger partial charge in [0.2, 0.25) is 0 Å². The fraction of sp³-hybridized carbons (Fsp3) is 0.938. The summed E-state index contributed by atoms with van der Waals surface area (Å²) in [6, 6.07) is -0.774. The zero-order chi connectivity index (χ0) is 17.7. The third-order valence-corrected chi connectivity index (χ3v) is 4.02. The summed E-state index contributed by atoms with van der Waals surface area (Å²) in [5.74, 6) is -1.30. The highest BCUT2D eigenvalue weighted by Gasteiger charge is 2.45. The lowest BCUT2D eigenvalue weighted by molar-refractivity contribution is -0.189. The quantitative estimate of drug-likeness (QED) is 0.796. The van der Waals surface area contributed by atoms with Gasteiger partial charge in [-0.05, 0) is 40.0 Å². The van der Waals surface area contributed by atoms with Crippen LogP contribution in [0.2, 0.25) is 0 Å². The number of ether oxygens (including phenoxy) is 1. The Morgan fingerprint density at radius 3 is 2.35 bits per heavy atom. The van der Waals surface area contributed by atoms with Crippen LogP contribution < -0.4 is 10.6 Å².